The van der Waals surface area contributed by atoms with Gasteiger partial charge in [-0.15, -0.1) is 0 Å². The smallest absolute Gasteiger partial charge is 0.257 e. The van der Waals surface area contributed by atoms with Crippen molar-refractivity contribution in [2.45, 2.75) is 44.7 Å². The molecule has 1 atom stereocenters. The lowest BCUT2D eigenvalue weighted by molar-refractivity contribution is -0.130. The Bertz CT molecular complexity index is 816. The van der Waals surface area contributed by atoms with Crippen molar-refractivity contribution in [2.24, 2.45) is 0 Å². The molecule has 1 aromatic rings. The highest BCUT2D eigenvalue weighted by atomic mass is 16.2. The molecule has 3 rings (SSSR count). The molecule has 1 aromatic carbocycles. The van der Waals surface area contributed by atoms with Gasteiger partial charge < -0.3 is 9.80 Å². The fourth-order valence-corrected chi connectivity index (χ4v) is 3.96. The second-order valence-corrected chi connectivity index (χ2v) is 7.25. The molecule has 3 amide bonds. The lowest BCUT2D eigenvalue weighted by Gasteiger charge is -2.48. The molecule has 2 aliphatic heterocycles. The van der Waals surface area contributed by atoms with E-state index in [1.807, 2.05) is 25.1 Å². The number of nitrogens with zero attached hydrogens (tertiary/aromatic N) is 4. The van der Waals surface area contributed by atoms with Crippen LogP contribution in [0.1, 0.15) is 49.4 Å². The number of nitriles is 1. The monoisotopic (exact) mass is 368 g/mol. The van der Waals surface area contributed by atoms with Crippen molar-refractivity contribution in [3.63, 3.8) is 0 Å². The molecular weight excluding hydrogens is 344 g/mol. The van der Waals surface area contributed by atoms with Gasteiger partial charge in [-0.05, 0) is 31.9 Å². The number of amides is 3. The average Bonchev–Trinajstić information content (AvgIpc) is 2.97. The summed E-state index contributed by atoms with van der Waals surface area (Å²) in [6.45, 7) is 2.74. The molecule has 2 aliphatic rings. The van der Waals surface area contributed by atoms with Gasteiger partial charge in [0, 0.05) is 33.0 Å². The maximum Gasteiger partial charge on any atom is 0.257 e. The molecule has 0 aromatic heterocycles. The minimum atomic E-state index is -0.682. The van der Waals surface area contributed by atoms with Gasteiger partial charge in [0.1, 0.15) is 5.66 Å². The van der Waals surface area contributed by atoms with Gasteiger partial charge in [0.05, 0.1) is 23.7 Å². The molecule has 1 saturated heterocycles. The number of hydrogen-bond acceptors (Lipinski definition) is 4. The molecule has 7 nitrogen and oxygen atoms in total. The summed E-state index contributed by atoms with van der Waals surface area (Å²) in [6, 6.07) is 9.23. The summed E-state index contributed by atoms with van der Waals surface area (Å²) >= 11 is 0. The van der Waals surface area contributed by atoms with Gasteiger partial charge >= 0.3 is 0 Å². The Morgan fingerprint density at radius 2 is 2.07 bits per heavy atom. The van der Waals surface area contributed by atoms with Crippen LogP contribution in [0.4, 0.5) is 5.69 Å². The lowest BCUT2D eigenvalue weighted by atomic mass is 9.98. The number of carbonyl (C=O) groups is 3. The molecule has 27 heavy (non-hydrogen) atoms. The lowest BCUT2D eigenvalue weighted by Crippen LogP contribution is -2.62. The summed E-state index contributed by atoms with van der Waals surface area (Å²) < 4.78 is 0. The van der Waals surface area contributed by atoms with E-state index < -0.39 is 5.66 Å². The maximum atomic E-state index is 13.1. The normalized spacial score (nSPS) is 20.9. The zero-order valence-electron chi connectivity index (χ0n) is 15.8. The van der Waals surface area contributed by atoms with Crippen LogP contribution in [-0.4, -0.2) is 53.3 Å². The van der Waals surface area contributed by atoms with Crippen LogP contribution in [-0.2, 0) is 9.59 Å². The molecule has 2 heterocycles. The van der Waals surface area contributed by atoms with Gasteiger partial charge in [0.15, 0.2) is 0 Å². The van der Waals surface area contributed by atoms with Crippen molar-refractivity contribution in [2.75, 3.05) is 25.0 Å². The SMILES string of the molecule is CN(CCC#N)C(=O)CCCN1C(=O)c2ccccc2N2C(=O)CCC12C. The van der Waals surface area contributed by atoms with Crippen molar-refractivity contribution < 1.29 is 14.4 Å². The predicted molar refractivity (Wildman–Crippen MR) is 99.7 cm³/mol. The third kappa shape index (κ3) is 3.27. The molecule has 0 aliphatic carbocycles. The number of rotatable bonds is 6. The van der Waals surface area contributed by atoms with Crippen LogP contribution in [0, 0.1) is 11.3 Å². The fraction of sp³-hybridized carbons (Fsp3) is 0.500. The van der Waals surface area contributed by atoms with E-state index in [0.29, 0.717) is 56.4 Å². The molecular formula is C20H24N4O3. The number of hydrogen-bond donors (Lipinski definition) is 0. The summed E-state index contributed by atoms with van der Waals surface area (Å²) in [5.41, 5.74) is 0.525. The zero-order chi connectivity index (χ0) is 19.6. The highest BCUT2D eigenvalue weighted by molar-refractivity contribution is 6.10. The standard InChI is InChI=1S/C20H24N4O3/c1-20-11-10-18(26)24(20)16-8-4-3-7-15(16)19(27)23(20)14-5-9-17(25)22(2)13-6-12-21/h3-4,7-8H,5-6,9-11,13-14H2,1-2H3. The minimum Gasteiger partial charge on any atom is -0.345 e. The highest BCUT2D eigenvalue weighted by Crippen LogP contribution is 2.43. The number of fused-ring (bicyclic) bond motifs is 3. The third-order valence-corrected chi connectivity index (χ3v) is 5.50. The number of anilines is 1. The second kappa shape index (κ2) is 7.39. The predicted octanol–water partition coefficient (Wildman–Crippen LogP) is 2.14. The van der Waals surface area contributed by atoms with Gasteiger partial charge in [-0.3, -0.25) is 19.3 Å². The van der Waals surface area contributed by atoms with Gasteiger partial charge in [-0.25, -0.2) is 0 Å². The van der Waals surface area contributed by atoms with Crippen LogP contribution in [0.25, 0.3) is 0 Å². The maximum absolute atomic E-state index is 13.1. The summed E-state index contributed by atoms with van der Waals surface area (Å²) in [6.07, 6.45) is 2.11. The van der Waals surface area contributed by atoms with E-state index in [1.54, 1.807) is 33.9 Å². The van der Waals surface area contributed by atoms with Crippen LogP contribution < -0.4 is 4.90 Å². The molecule has 0 saturated carbocycles. The fourth-order valence-electron chi connectivity index (χ4n) is 3.96. The van der Waals surface area contributed by atoms with Crippen LogP contribution >= 0.6 is 0 Å². The highest BCUT2D eigenvalue weighted by Gasteiger charge is 2.52. The Morgan fingerprint density at radius 1 is 1.33 bits per heavy atom. The Labute approximate surface area is 159 Å². The Hall–Kier alpha value is -2.88. The Kier molecular flexibility index (Phi) is 5.17. The number of benzene rings is 1. The number of carbonyl (C=O) groups excluding carboxylic acids is 3. The van der Waals surface area contributed by atoms with Crippen molar-refractivity contribution in [3.05, 3.63) is 29.8 Å². The summed E-state index contributed by atoms with van der Waals surface area (Å²) in [5, 5.41) is 8.63. The van der Waals surface area contributed by atoms with E-state index in [4.69, 9.17) is 5.26 Å². The van der Waals surface area contributed by atoms with Crippen LogP contribution in [0.2, 0.25) is 0 Å². The first-order valence-corrected chi connectivity index (χ1v) is 9.25. The third-order valence-electron chi connectivity index (χ3n) is 5.50. The van der Waals surface area contributed by atoms with E-state index in [1.165, 1.54) is 0 Å². The first-order chi connectivity index (χ1) is 12.9. The van der Waals surface area contributed by atoms with Crippen molar-refractivity contribution in [1.29, 1.82) is 5.26 Å². The quantitative estimate of drug-likeness (QED) is 0.770. The van der Waals surface area contributed by atoms with Crippen LogP contribution in [0.3, 0.4) is 0 Å². The van der Waals surface area contributed by atoms with Crippen molar-refractivity contribution >= 4 is 23.4 Å². The van der Waals surface area contributed by atoms with E-state index in [-0.39, 0.29) is 17.7 Å². The first kappa shape index (κ1) is 18.9. The molecule has 0 radical (unpaired) electrons. The van der Waals surface area contributed by atoms with Gasteiger partial charge in [-0.2, -0.15) is 5.26 Å². The van der Waals surface area contributed by atoms with Crippen LogP contribution in [0.5, 0.6) is 0 Å². The minimum absolute atomic E-state index is 0.0229. The molecule has 1 unspecified atom stereocenters. The van der Waals surface area contributed by atoms with E-state index >= 15 is 0 Å². The number of para-hydroxylation sites is 1. The van der Waals surface area contributed by atoms with Gasteiger partial charge in [0.2, 0.25) is 11.8 Å². The average molecular weight is 368 g/mol. The topological polar surface area (TPSA) is 84.7 Å². The Balaban J connectivity index is 1.74. The molecule has 1 fully saturated rings. The summed E-state index contributed by atoms with van der Waals surface area (Å²) in [4.78, 5) is 42.8. The van der Waals surface area contributed by atoms with Gasteiger partial charge in [-0.1, -0.05) is 12.1 Å². The van der Waals surface area contributed by atoms with Crippen molar-refractivity contribution in [1.82, 2.24) is 9.80 Å². The summed E-state index contributed by atoms with van der Waals surface area (Å²) in [7, 11) is 1.68. The largest absolute Gasteiger partial charge is 0.345 e. The molecule has 0 spiro atoms. The van der Waals surface area contributed by atoms with Gasteiger partial charge in [0.25, 0.3) is 5.91 Å². The molecule has 0 N–H and O–H groups in total. The van der Waals surface area contributed by atoms with E-state index in [0.717, 1.165) is 0 Å². The zero-order valence-corrected chi connectivity index (χ0v) is 15.8. The second-order valence-electron chi connectivity index (χ2n) is 7.25. The van der Waals surface area contributed by atoms with E-state index in [2.05, 4.69) is 0 Å². The Morgan fingerprint density at radius 3 is 2.81 bits per heavy atom. The molecule has 0 bridgehead atoms. The molecule has 7 heteroatoms. The van der Waals surface area contributed by atoms with E-state index in [9.17, 15) is 14.4 Å². The summed E-state index contributed by atoms with van der Waals surface area (Å²) in [5.74, 6) is -0.112. The molecule has 142 valence electrons. The first-order valence-electron chi connectivity index (χ1n) is 9.25. The van der Waals surface area contributed by atoms with Crippen LogP contribution in [0.15, 0.2) is 24.3 Å². The van der Waals surface area contributed by atoms with Crippen molar-refractivity contribution in [3.8, 4) is 6.07 Å².